The summed E-state index contributed by atoms with van der Waals surface area (Å²) >= 11 is 1.86. The van der Waals surface area contributed by atoms with Gasteiger partial charge in [0.1, 0.15) is 0 Å². The highest BCUT2D eigenvalue weighted by molar-refractivity contribution is 7.99. The average molecular weight is 266 g/mol. The van der Waals surface area contributed by atoms with E-state index < -0.39 is 0 Å². The van der Waals surface area contributed by atoms with E-state index in [0.717, 1.165) is 23.2 Å². The van der Waals surface area contributed by atoms with E-state index >= 15 is 0 Å². The van der Waals surface area contributed by atoms with Crippen molar-refractivity contribution in [2.75, 3.05) is 12.3 Å². The summed E-state index contributed by atoms with van der Waals surface area (Å²) in [6.45, 7) is 9.97. The van der Waals surface area contributed by atoms with E-state index in [9.17, 15) is 0 Å². The van der Waals surface area contributed by atoms with Gasteiger partial charge in [0, 0.05) is 12.2 Å². The van der Waals surface area contributed by atoms with Crippen LogP contribution in [0.5, 0.6) is 0 Å². The summed E-state index contributed by atoms with van der Waals surface area (Å²) < 4.78 is 0. The van der Waals surface area contributed by atoms with Crippen LogP contribution in [0, 0.1) is 5.92 Å². The second-order valence-corrected chi connectivity index (χ2v) is 6.25. The molecule has 0 spiro atoms. The predicted molar refractivity (Wildman–Crippen MR) is 81.1 cm³/mol. The molecule has 0 saturated carbocycles. The Bertz CT molecular complexity index is 322. The molecule has 1 heterocycles. The van der Waals surface area contributed by atoms with Crippen molar-refractivity contribution in [3.05, 3.63) is 23.9 Å². The third-order valence-electron chi connectivity index (χ3n) is 2.90. The van der Waals surface area contributed by atoms with Crippen LogP contribution in [-0.2, 0) is 0 Å². The molecule has 0 bridgehead atoms. The molecule has 1 aromatic rings. The van der Waals surface area contributed by atoms with Crippen molar-refractivity contribution >= 4 is 11.8 Å². The lowest BCUT2D eigenvalue weighted by Crippen LogP contribution is -2.19. The summed E-state index contributed by atoms with van der Waals surface area (Å²) in [6.07, 6.45) is 4.43. The van der Waals surface area contributed by atoms with Crippen LogP contribution in [0.25, 0.3) is 0 Å². The van der Waals surface area contributed by atoms with Gasteiger partial charge in [-0.05, 0) is 49.6 Å². The van der Waals surface area contributed by atoms with E-state index in [2.05, 4.69) is 50.1 Å². The van der Waals surface area contributed by atoms with E-state index in [4.69, 9.17) is 0 Å². The normalized spacial score (nSPS) is 12.9. The molecule has 3 heteroatoms. The summed E-state index contributed by atoms with van der Waals surface area (Å²) in [7, 11) is 0. The van der Waals surface area contributed by atoms with Crippen molar-refractivity contribution in [1.82, 2.24) is 10.3 Å². The second-order valence-electron chi connectivity index (χ2n) is 5.14. The molecule has 2 nitrogen and oxygen atoms in total. The summed E-state index contributed by atoms with van der Waals surface area (Å²) in [5.41, 5.74) is 1.27. The molecule has 0 aliphatic carbocycles. The highest BCUT2D eigenvalue weighted by Crippen LogP contribution is 2.20. The molecule has 0 radical (unpaired) electrons. The Balaban J connectivity index is 2.41. The molecule has 1 rings (SSSR count). The third-order valence-corrected chi connectivity index (χ3v) is 3.88. The predicted octanol–water partition coefficient (Wildman–Crippen LogP) is 4.28. The number of aromatic nitrogens is 1. The minimum atomic E-state index is 0.396. The lowest BCUT2D eigenvalue weighted by atomic mass is 10.1. The van der Waals surface area contributed by atoms with Crippen LogP contribution in [0.1, 0.15) is 52.1 Å². The molecule has 0 aliphatic heterocycles. The van der Waals surface area contributed by atoms with E-state index in [1.165, 1.54) is 18.4 Å². The van der Waals surface area contributed by atoms with Gasteiger partial charge in [-0.3, -0.25) is 0 Å². The van der Waals surface area contributed by atoms with Gasteiger partial charge in [-0.25, -0.2) is 4.98 Å². The summed E-state index contributed by atoms with van der Waals surface area (Å²) in [5, 5.41) is 4.62. The first kappa shape index (κ1) is 15.5. The van der Waals surface area contributed by atoms with Gasteiger partial charge >= 0.3 is 0 Å². The van der Waals surface area contributed by atoms with Crippen LogP contribution in [0.2, 0.25) is 0 Å². The maximum Gasteiger partial charge on any atom is 0.0960 e. The van der Waals surface area contributed by atoms with Gasteiger partial charge in [0.15, 0.2) is 0 Å². The zero-order chi connectivity index (χ0) is 13.4. The topological polar surface area (TPSA) is 24.9 Å². The lowest BCUT2D eigenvalue weighted by Gasteiger charge is -2.13. The van der Waals surface area contributed by atoms with E-state index in [-0.39, 0.29) is 0 Å². The zero-order valence-corrected chi connectivity index (χ0v) is 12.9. The maximum absolute atomic E-state index is 4.53. The van der Waals surface area contributed by atoms with Crippen LogP contribution in [-0.4, -0.2) is 17.3 Å². The maximum atomic E-state index is 4.53. The monoisotopic (exact) mass is 266 g/mol. The molecule has 102 valence electrons. The molecule has 18 heavy (non-hydrogen) atoms. The first-order valence-electron chi connectivity index (χ1n) is 6.95. The highest BCUT2D eigenvalue weighted by Gasteiger charge is 2.05. The first-order valence-corrected chi connectivity index (χ1v) is 7.94. The largest absolute Gasteiger partial charge is 0.310 e. The van der Waals surface area contributed by atoms with Gasteiger partial charge in [-0.15, -0.1) is 11.8 Å². The Kier molecular flexibility index (Phi) is 7.36. The Hall–Kier alpha value is -0.540. The number of nitrogens with one attached hydrogen (secondary N) is 1. The number of hydrogen-bond acceptors (Lipinski definition) is 3. The molecule has 1 atom stereocenters. The third kappa shape index (κ3) is 5.87. The quantitative estimate of drug-likeness (QED) is 0.711. The second kappa shape index (κ2) is 8.54. The highest BCUT2D eigenvalue weighted by atomic mass is 32.2. The number of rotatable bonds is 8. The van der Waals surface area contributed by atoms with Crippen molar-refractivity contribution < 1.29 is 0 Å². The molecule has 0 amide bonds. The Morgan fingerprint density at radius 1 is 1.28 bits per heavy atom. The standard InChI is InChI=1S/C15H26N2S/c1-5-9-16-13(4)14-6-7-15(17-11-14)18-10-8-12(2)3/h6-7,11-13,16H,5,8-10H2,1-4H3. The van der Waals surface area contributed by atoms with Crippen LogP contribution >= 0.6 is 11.8 Å². The summed E-state index contributed by atoms with van der Waals surface area (Å²) in [6, 6.07) is 4.73. The van der Waals surface area contributed by atoms with Crippen molar-refractivity contribution in [2.24, 2.45) is 5.92 Å². The van der Waals surface area contributed by atoms with Gasteiger partial charge in [0.2, 0.25) is 0 Å². The fourth-order valence-corrected chi connectivity index (χ4v) is 2.70. The van der Waals surface area contributed by atoms with E-state index in [1.54, 1.807) is 0 Å². The summed E-state index contributed by atoms with van der Waals surface area (Å²) in [5.74, 6) is 1.93. The zero-order valence-electron chi connectivity index (χ0n) is 12.1. The fourth-order valence-electron chi connectivity index (χ4n) is 1.61. The number of pyridine rings is 1. The van der Waals surface area contributed by atoms with E-state index in [0.29, 0.717) is 6.04 Å². The van der Waals surface area contributed by atoms with Gasteiger partial charge < -0.3 is 5.32 Å². The van der Waals surface area contributed by atoms with E-state index in [1.807, 2.05) is 18.0 Å². The molecular weight excluding hydrogens is 240 g/mol. The number of thioether (sulfide) groups is 1. The molecule has 0 saturated heterocycles. The minimum absolute atomic E-state index is 0.396. The SMILES string of the molecule is CCCNC(C)c1ccc(SCCC(C)C)nc1. The molecule has 1 N–H and O–H groups in total. The van der Waals surface area contributed by atoms with Crippen LogP contribution in [0.4, 0.5) is 0 Å². The van der Waals surface area contributed by atoms with Gasteiger partial charge in [0.25, 0.3) is 0 Å². The smallest absolute Gasteiger partial charge is 0.0960 e. The first-order chi connectivity index (χ1) is 8.63. The van der Waals surface area contributed by atoms with Crippen molar-refractivity contribution in [3.63, 3.8) is 0 Å². The minimum Gasteiger partial charge on any atom is -0.310 e. The Morgan fingerprint density at radius 3 is 2.61 bits per heavy atom. The fraction of sp³-hybridized carbons (Fsp3) is 0.667. The van der Waals surface area contributed by atoms with Crippen molar-refractivity contribution in [1.29, 1.82) is 0 Å². The summed E-state index contributed by atoms with van der Waals surface area (Å²) in [4.78, 5) is 4.53. The Labute approximate surface area is 116 Å². The van der Waals surface area contributed by atoms with Crippen LogP contribution in [0.15, 0.2) is 23.4 Å². The number of nitrogens with zero attached hydrogens (tertiary/aromatic N) is 1. The Morgan fingerprint density at radius 2 is 2.06 bits per heavy atom. The van der Waals surface area contributed by atoms with Gasteiger partial charge in [-0.1, -0.05) is 26.8 Å². The number of hydrogen-bond donors (Lipinski definition) is 1. The van der Waals surface area contributed by atoms with Gasteiger partial charge in [-0.2, -0.15) is 0 Å². The van der Waals surface area contributed by atoms with Crippen LogP contribution in [0.3, 0.4) is 0 Å². The molecule has 0 fully saturated rings. The molecule has 0 aromatic carbocycles. The van der Waals surface area contributed by atoms with Crippen molar-refractivity contribution in [3.8, 4) is 0 Å². The molecule has 1 unspecified atom stereocenters. The molecule has 0 aliphatic rings. The van der Waals surface area contributed by atoms with Crippen molar-refractivity contribution in [2.45, 2.75) is 51.6 Å². The molecule has 1 aromatic heterocycles. The van der Waals surface area contributed by atoms with Crippen LogP contribution < -0.4 is 5.32 Å². The lowest BCUT2D eigenvalue weighted by molar-refractivity contribution is 0.568. The molecular formula is C15H26N2S. The van der Waals surface area contributed by atoms with Gasteiger partial charge in [0.05, 0.1) is 5.03 Å². The average Bonchev–Trinajstić information content (AvgIpc) is 2.36.